The van der Waals surface area contributed by atoms with Crippen molar-refractivity contribution < 1.29 is 0 Å². The van der Waals surface area contributed by atoms with Crippen molar-refractivity contribution in [2.24, 2.45) is 7.05 Å². The van der Waals surface area contributed by atoms with Gasteiger partial charge in [0, 0.05) is 35.9 Å². The number of rotatable bonds is 4. The molecule has 1 aromatic heterocycles. The van der Waals surface area contributed by atoms with Crippen LogP contribution in [0.3, 0.4) is 0 Å². The van der Waals surface area contributed by atoms with Gasteiger partial charge in [-0.2, -0.15) is 5.10 Å². The highest BCUT2D eigenvalue weighted by Gasteiger charge is 2.11. The Labute approximate surface area is 119 Å². The third kappa shape index (κ3) is 3.17. The minimum atomic E-state index is 0.288. The fourth-order valence-electron chi connectivity index (χ4n) is 2.20. The van der Waals surface area contributed by atoms with E-state index in [9.17, 15) is 0 Å². The van der Waals surface area contributed by atoms with Crippen molar-refractivity contribution >= 4 is 11.6 Å². The number of halogens is 1. The van der Waals surface area contributed by atoms with E-state index in [0.717, 1.165) is 17.3 Å². The lowest BCUT2D eigenvalue weighted by Crippen LogP contribution is -2.18. The van der Waals surface area contributed by atoms with Gasteiger partial charge in [-0.3, -0.25) is 4.68 Å². The van der Waals surface area contributed by atoms with Crippen molar-refractivity contribution in [1.29, 1.82) is 0 Å². The Morgan fingerprint density at radius 1 is 1.26 bits per heavy atom. The maximum Gasteiger partial charge on any atom is 0.0641 e. The molecule has 19 heavy (non-hydrogen) atoms. The Morgan fingerprint density at radius 3 is 2.42 bits per heavy atom. The van der Waals surface area contributed by atoms with Gasteiger partial charge in [-0.05, 0) is 38.5 Å². The summed E-state index contributed by atoms with van der Waals surface area (Å²) >= 11 is 5.90. The van der Waals surface area contributed by atoms with E-state index in [1.807, 2.05) is 23.9 Å². The van der Waals surface area contributed by atoms with Gasteiger partial charge >= 0.3 is 0 Å². The largest absolute Gasteiger partial charge is 0.306 e. The maximum absolute atomic E-state index is 5.90. The highest BCUT2D eigenvalue weighted by Crippen LogP contribution is 2.18. The minimum Gasteiger partial charge on any atom is -0.306 e. The molecule has 102 valence electrons. The van der Waals surface area contributed by atoms with E-state index >= 15 is 0 Å². The smallest absolute Gasteiger partial charge is 0.0641 e. The number of hydrogen-bond acceptors (Lipinski definition) is 2. The van der Waals surface area contributed by atoms with Crippen LogP contribution in [0.4, 0.5) is 0 Å². The summed E-state index contributed by atoms with van der Waals surface area (Å²) in [5, 5.41) is 8.74. The van der Waals surface area contributed by atoms with Crippen LogP contribution in [0, 0.1) is 13.8 Å². The molecule has 1 aromatic carbocycles. The van der Waals surface area contributed by atoms with Crippen LogP contribution in [0.1, 0.15) is 35.5 Å². The molecule has 1 heterocycles. The molecule has 3 nitrogen and oxygen atoms in total. The van der Waals surface area contributed by atoms with E-state index < -0.39 is 0 Å². The Balaban J connectivity index is 2.04. The lowest BCUT2D eigenvalue weighted by molar-refractivity contribution is 0.571. The van der Waals surface area contributed by atoms with E-state index in [0.29, 0.717) is 0 Å². The van der Waals surface area contributed by atoms with Crippen molar-refractivity contribution in [2.75, 3.05) is 0 Å². The normalized spacial score (nSPS) is 12.7. The van der Waals surface area contributed by atoms with Crippen LogP contribution in [0.2, 0.25) is 5.02 Å². The molecule has 0 bridgehead atoms. The molecule has 0 saturated carbocycles. The van der Waals surface area contributed by atoms with Gasteiger partial charge in [0.1, 0.15) is 0 Å². The van der Waals surface area contributed by atoms with Crippen LogP contribution in [-0.2, 0) is 13.6 Å². The molecule has 2 aromatic rings. The fourth-order valence-corrected chi connectivity index (χ4v) is 2.32. The summed E-state index contributed by atoms with van der Waals surface area (Å²) < 4.78 is 1.93. The predicted octanol–water partition coefficient (Wildman–Crippen LogP) is 3.54. The molecule has 4 heteroatoms. The Bertz CT molecular complexity index is 558. The summed E-state index contributed by atoms with van der Waals surface area (Å²) in [6.07, 6.45) is 0. The molecule has 1 N–H and O–H groups in total. The van der Waals surface area contributed by atoms with Gasteiger partial charge in [0.2, 0.25) is 0 Å². The molecule has 0 aliphatic carbocycles. The van der Waals surface area contributed by atoms with Gasteiger partial charge in [0.25, 0.3) is 0 Å². The second-order valence-electron chi connectivity index (χ2n) is 4.93. The first-order chi connectivity index (χ1) is 8.99. The van der Waals surface area contributed by atoms with Gasteiger partial charge in [-0.1, -0.05) is 23.7 Å². The first kappa shape index (κ1) is 14.1. The Morgan fingerprint density at radius 2 is 1.89 bits per heavy atom. The second kappa shape index (κ2) is 5.76. The van der Waals surface area contributed by atoms with Crippen molar-refractivity contribution in [3.63, 3.8) is 0 Å². The third-order valence-electron chi connectivity index (χ3n) is 3.61. The van der Waals surface area contributed by atoms with Crippen LogP contribution in [0.25, 0.3) is 0 Å². The van der Waals surface area contributed by atoms with Crippen LogP contribution in [-0.4, -0.2) is 9.78 Å². The van der Waals surface area contributed by atoms with Crippen molar-refractivity contribution in [1.82, 2.24) is 15.1 Å². The van der Waals surface area contributed by atoms with E-state index in [1.54, 1.807) is 0 Å². The van der Waals surface area contributed by atoms with Gasteiger partial charge in [0.15, 0.2) is 0 Å². The Hall–Kier alpha value is -1.32. The van der Waals surface area contributed by atoms with Crippen molar-refractivity contribution in [3.8, 4) is 0 Å². The van der Waals surface area contributed by atoms with Crippen LogP contribution in [0.5, 0.6) is 0 Å². The standard InChI is InChI=1S/C15H20ClN3/c1-10(13-5-7-14(16)8-6-13)17-9-15-11(2)18-19(4)12(15)3/h5-8,10,17H,9H2,1-4H3/t10-/m0/s1. The first-order valence-corrected chi connectivity index (χ1v) is 6.84. The fraction of sp³-hybridized carbons (Fsp3) is 0.400. The molecule has 1 atom stereocenters. The molecule has 0 unspecified atom stereocenters. The lowest BCUT2D eigenvalue weighted by Gasteiger charge is -2.14. The van der Waals surface area contributed by atoms with E-state index in [-0.39, 0.29) is 6.04 Å². The number of aryl methyl sites for hydroxylation is 2. The third-order valence-corrected chi connectivity index (χ3v) is 3.87. The highest BCUT2D eigenvalue weighted by molar-refractivity contribution is 6.30. The summed E-state index contributed by atoms with van der Waals surface area (Å²) in [5.74, 6) is 0. The van der Waals surface area contributed by atoms with Crippen molar-refractivity contribution in [2.45, 2.75) is 33.4 Å². The van der Waals surface area contributed by atoms with Crippen LogP contribution < -0.4 is 5.32 Å². The summed E-state index contributed by atoms with van der Waals surface area (Å²) in [4.78, 5) is 0. The topological polar surface area (TPSA) is 29.9 Å². The number of hydrogen-bond donors (Lipinski definition) is 1. The number of benzene rings is 1. The van der Waals surface area contributed by atoms with E-state index in [1.165, 1.54) is 16.8 Å². The molecule has 0 radical (unpaired) electrons. The number of nitrogens with zero attached hydrogens (tertiary/aromatic N) is 2. The predicted molar refractivity (Wildman–Crippen MR) is 79.4 cm³/mol. The van der Waals surface area contributed by atoms with Crippen molar-refractivity contribution in [3.05, 3.63) is 51.8 Å². The number of aromatic nitrogens is 2. The molecular weight excluding hydrogens is 258 g/mol. The zero-order valence-electron chi connectivity index (χ0n) is 11.9. The molecule has 0 aliphatic rings. The van der Waals surface area contributed by atoms with E-state index in [4.69, 9.17) is 11.6 Å². The summed E-state index contributed by atoms with van der Waals surface area (Å²) in [6, 6.07) is 8.26. The maximum atomic E-state index is 5.90. The Kier molecular flexibility index (Phi) is 4.27. The molecule has 0 fully saturated rings. The highest BCUT2D eigenvalue weighted by atomic mass is 35.5. The summed E-state index contributed by atoms with van der Waals surface area (Å²) in [7, 11) is 1.98. The van der Waals surface area contributed by atoms with Crippen LogP contribution in [0.15, 0.2) is 24.3 Å². The SMILES string of the molecule is Cc1nn(C)c(C)c1CN[C@@H](C)c1ccc(Cl)cc1. The minimum absolute atomic E-state index is 0.288. The monoisotopic (exact) mass is 277 g/mol. The quantitative estimate of drug-likeness (QED) is 0.926. The van der Waals surface area contributed by atoms with E-state index in [2.05, 4.69) is 43.3 Å². The second-order valence-corrected chi connectivity index (χ2v) is 5.36. The molecule has 2 rings (SSSR count). The zero-order chi connectivity index (χ0) is 14.0. The van der Waals surface area contributed by atoms with Crippen LogP contribution >= 0.6 is 11.6 Å². The molecule has 0 spiro atoms. The molecule has 0 aliphatic heterocycles. The first-order valence-electron chi connectivity index (χ1n) is 6.47. The zero-order valence-corrected chi connectivity index (χ0v) is 12.6. The van der Waals surface area contributed by atoms with Gasteiger partial charge in [0.05, 0.1) is 5.69 Å². The summed E-state index contributed by atoms with van der Waals surface area (Å²) in [6.45, 7) is 7.14. The lowest BCUT2D eigenvalue weighted by atomic mass is 10.1. The number of nitrogens with one attached hydrogen (secondary N) is 1. The van der Waals surface area contributed by atoms with Gasteiger partial charge < -0.3 is 5.32 Å². The molecular formula is C15H20ClN3. The average Bonchev–Trinajstić information content (AvgIpc) is 2.62. The van der Waals surface area contributed by atoms with Gasteiger partial charge in [-0.25, -0.2) is 0 Å². The molecule has 0 saturated heterocycles. The van der Waals surface area contributed by atoms with Gasteiger partial charge in [-0.15, -0.1) is 0 Å². The summed E-state index contributed by atoms with van der Waals surface area (Å²) in [5.41, 5.74) is 4.83. The average molecular weight is 278 g/mol. The molecule has 0 amide bonds.